The molecule has 0 saturated carbocycles. The maximum atomic E-state index is 14.2. The van der Waals surface area contributed by atoms with E-state index in [0.717, 1.165) is 24.3 Å². The van der Waals surface area contributed by atoms with Crippen LogP contribution in [-0.2, 0) is 10.3 Å². The number of nitrogens with one attached hydrogen (secondary N) is 3. The van der Waals surface area contributed by atoms with Gasteiger partial charge in [-0.05, 0) is 35.9 Å². The van der Waals surface area contributed by atoms with Crippen molar-refractivity contribution in [2.24, 2.45) is 0 Å². The molecule has 0 fully saturated rings. The average Bonchev–Trinajstić information content (AvgIpc) is 3.25. The Bertz CT molecular complexity index is 1130. The molecule has 2 aromatic carbocycles. The molecule has 3 N–H and O–H groups in total. The summed E-state index contributed by atoms with van der Waals surface area (Å²) in [5.74, 6) is -1.48. The highest BCUT2D eigenvalue weighted by atomic mass is 19.4. The number of rotatable bonds is 4. The largest absolute Gasteiger partial charge is 0.434 e. The summed E-state index contributed by atoms with van der Waals surface area (Å²) in [5, 5.41) is 10.8. The topological polar surface area (TPSA) is 96.1 Å². The van der Waals surface area contributed by atoms with Crippen LogP contribution in [0.4, 0.5) is 28.0 Å². The zero-order valence-corrected chi connectivity index (χ0v) is 15.6. The molecule has 0 aliphatic carbocycles. The standard InChI is InChI=1S/C20H14F4N4O3/c21-14-4-1-11(2-5-14)17(29)25-10-19(20(22,23)24)15-6-3-12(13-8-26-27-9-13)7-16(15)28-18(30)31-19/h1-9H,10H2,(H,25,29)(H,26,27)(H,28,30). The Kier molecular flexibility index (Phi) is 4.88. The number of H-pyrrole nitrogens is 1. The summed E-state index contributed by atoms with van der Waals surface area (Å²) in [6.07, 6.45) is -3.34. The lowest BCUT2D eigenvalue weighted by Gasteiger charge is -2.39. The van der Waals surface area contributed by atoms with Crippen molar-refractivity contribution >= 4 is 17.7 Å². The molecule has 160 valence electrons. The third kappa shape index (κ3) is 3.69. The minimum atomic E-state index is -5.05. The van der Waals surface area contributed by atoms with E-state index < -0.39 is 36.1 Å². The van der Waals surface area contributed by atoms with Crippen LogP contribution in [0.25, 0.3) is 11.1 Å². The van der Waals surface area contributed by atoms with Gasteiger partial charge in [-0.2, -0.15) is 18.3 Å². The van der Waals surface area contributed by atoms with Crippen LogP contribution in [0.15, 0.2) is 54.9 Å². The number of hydrogen-bond acceptors (Lipinski definition) is 4. The van der Waals surface area contributed by atoms with Gasteiger partial charge in [0, 0.05) is 22.9 Å². The van der Waals surface area contributed by atoms with Crippen molar-refractivity contribution in [3.8, 4) is 11.1 Å². The number of aromatic nitrogens is 2. The van der Waals surface area contributed by atoms with Crippen LogP contribution >= 0.6 is 0 Å². The van der Waals surface area contributed by atoms with Gasteiger partial charge in [-0.15, -0.1) is 0 Å². The number of halogens is 4. The number of benzene rings is 2. The maximum absolute atomic E-state index is 14.2. The molecular formula is C20H14F4N4O3. The Hall–Kier alpha value is -3.89. The number of nitrogens with zero attached hydrogens (tertiary/aromatic N) is 1. The fourth-order valence-corrected chi connectivity index (χ4v) is 3.29. The van der Waals surface area contributed by atoms with Crippen molar-refractivity contribution in [3.05, 3.63) is 71.8 Å². The van der Waals surface area contributed by atoms with Crippen LogP contribution < -0.4 is 10.6 Å². The van der Waals surface area contributed by atoms with Gasteiger partial charge in [0.2, 0.25) is 0 Å². The summed E-state index contributed by atoms with van der Waals surface area (Å²) in [6, 6.07) is 8.23. The molecule has 0 radical (unpaired) electrons. The van der Waals surface area contributed by atoms with Gasteiger partial charge < -0.3 is 10.1 Å². The van der Waals surface area contributed by atoms with E-state index in [4.69, 9.17) is 4.74 Å². The third-order valence-electron chi connectivity index (χ3n) is 4.85. The highest BCUT2D eigenvalue weighted by Crippen LogP contribution is 2.48. The molecule has 11 heteroatoms. The van der Waals surface area contributed by atoms with Gasteiger partial charge in [0.1, 0.15) is 5.82 Å². The number of ether oxygens (including phenoxy) is 1. The van der Waals surface area contributed by atoms with Gasteiger partial charge in [-0.3, -0.25) is 15.2 Å². The van der Waals surface area contributed by atoms with Gasteiger partial charge >= 0.3 is 12.3 Å². The lowest BCUT2D eigenvalue weighted by Crippen LogP contribution is -2.56. The van der Waals surface area contributed by atoms with Crippen LogP contribution in [-0.4, -0.2) is 34.9 Å². The van der Waals surface area contributed by atoms with E-state index in [9.17, 15) is 27.2 Å². The molecule has 2 heterocycles. The first-order valence-corrected chi connectivity index (χ1v) is 8.94. The van der Waals surface area contributed by atoms with Crippen molar-refractivity contribution in [1.29, 1.82) is 0 Å². The zero-order valence-electron chi connectivity index (χ0n) is 15.6. The molecule has 1 aromatic heterocycles. The first-order chi connectivity index (χ1) is 14.7. The summed E-state index contributed by atoms with van der Waals surface area (Å²) < 4.78 is 60.4. The second-order valence-corrected chi connectivity index (χ2v) is 6.78. The molecule has 0 saturated heterocycles. The van der Waals surface area contributed by atoms with Gasteiger partial charge in [-0.25, -0.2) is 9.18 Å². The smallest absolute Gasteiger partial charge is 0.426 e. The highest BCUT2D eigenvalue weighted by molar-refractivity contribution is 5.94. The Morgan fingerprint density at radius 1 is 1.13 bits per heavy atom. The quantitative estimate of drug-likeness (QED) is 0.542. The SMILES string of the molecule is O=C1Nc2cc(-c3cn[nH]c3)ccc2C(CNC(=O)c2ccc(F)cc2)(C(F)(F)F)O1. The fraction of sp³-hybridized carbons (Fsp3) is 0.150. The lowest BCUT2D eigenvalue weighted by molar-refractivity contribution is -0.261. The zero-order chi connectivity index (χ0) is 22.2. The van der Waals surface area contributed by atoms with E-state index >= 15 is 0 Å². The number of fused-ring (bicyclic) bond motifs is 1. The Labute approximate surface area is 172 Å². The van der Waals surface area contributed by atoms with Crippen molar-refractivity contribution in [2.75, 3.05) is 11.9 Å². The van der Waals surface area contributed by atoms with Crippen molar-refractivity contribution in [2.45, 2.75) is 11.8 Å². The number of cyclic esters (lactones) is 1. The van der Waals surface area contributed by atoms with E-state index in [1.165, 1.54) is 24.4 Å². The van der Waals surface area contributed by atoms with Crippen molar-refractivity contribution in [3.63, 3.8) is 0 Å². The molecule has 1 aliphatic heterocycles. The van der Waals surface area contributed by atoms with E-state index in [0.29, 0.717) is 11.1 Å². The molecule has 2 amide bonds. The van der Waals surface area contributed by atoms with E-state index in [1.54, 1.807) is 6.20 Å². The van der Waals surface area contributed by atoms with E-state index in [1.807, 2.05) is 0 Å². The number of amides is 2. The first-order valence-electron chi connectivity index (χ1n) is 8.94. The van der Waals surface area contributed by atoms with E-state index in [-0.39, 0.29) is 16.8 Å². The third-order valence-corrected chi connectivity index (χ3v) is 4.85. The molecule has 1 atom stereocenters. The average molecular weight is 434 g/mol. The summed E-state index contributed by atoms with van der Waals surface area (Å²) >= 11 is 0. The molecule has 1 aliphatic rings. The Morgan fingerprint density at radius 2 is 1.87 bits per heavy atom. The normalized spacial score (nSPS) is 18.0. The number of aromatic amines is 1. The van der Waals surface area contributed by atoms with Crippen LogP contribution in [0.1, 0.15) is 15.9 Å². The second kappa shape index (κ2) is 7.42. The lowest BCUT2D eigenvalue weighted by atomic mass is 9.88. The maximum Gasteiger partial charge on any atom is 0.434 e. The van der Waals surface area contributed by atoms with Gasteiger partial charge in [0.25, 0.3) is 11.5 Å². The summed E-state index contributed by atoms with van der Waals surface area (Å²) in [7, 11) is 0. The number of anilines is 1. The molecule has 7 nitrogen and oxygen atoms in total. The minimum Gasteiger partial charge on any atom is -0.426 e. The van der Waals surface area contributed by atoms with Crippen LogP contribution in [0.2, 0.25) is 0 Å². The number of carbonyl (C=O) groups is 2. The Morgan fingerprint density at radius 3 is 2.52 bits per heavy atom. The number of hydrogen-bond donors (Lipinski definition) is 3. The summed E-state index contributed by atoms with van der Waals surface area (Å²) in [4.78, 5) is 24.3. The predicted octanol–water partition coefficient (Wildman–Crippen LogP) is 3.97. The highest BCUT2D eigenvalue weighted by Gasteiger charge is 2.62. The van der Waals surface area contributed by atoms with Crippen molar-refractivity contribution in [1.82, 2.24) is 15.5 Å². The first kappa shape index (κ1) is 20.4. The molecule has 31 heavy (non-hydrogen) atoms. The molecule has 0 spiro atoms. The molecule has 4 rings (SSSR count). The van der Waals surface area contributed by atoms with Crippen LogP contribution in [0, 0.1) is 5.82 Å². The number of carbonyl (C=O) groups excluding carboxylic acids is 2. The Balaban J connectivity index is 1.71. The molecule has 0 bridgehead atoms. The summed E-state index contributed by atoms with van der Waals surface area (Å²) in [6.45, 7) is -1.07. The van der Waals surface area contributed by atoms with Crippen LogP contribution in [0.3, 0.4) is 0 Å². The molecule has 3 aromatic rings. The summed E-state index contributed by atoms with van der Waals surface area (Å²) in [5.41, 5.74) is -2.52. The van der Waals surface area contributed by atoms with Crippen LogP contribution in [0.5, 0.6) is 0 Å². The monoisotopic (exact) mass is 434 g/mol. The van der Waals surface area contributed by atoms with Gasteiger partial charge in [0.15, 0.2) is 0 Å². The van der Waals surface area contributed by atoms with E-state index in [2.05, 4.69) is 20.8 Å². The predicted molar refractivity (Wildman–Crippen MR) is 101 cm³/mol. The minimum absolute atomic E-state index is 0.0467. The molecular weight excluding hydrogens is 420 g/mol. The second-order valence-electron chi connectivity index (χ2n) is 6.78. The number of alkyl halides is 3. The van der Waals surface area contributed by atoms with Crippen molar-refractivity contribution < 1.29 is 31.9 Å². The molecule has 1 unspecified atom stereocenters. The fourth-order valence-electron chi connectivity index (χ4n) is 3.29. The van der Waals surface area contributed by atoms with Gasteiger partial charge in [0.05, 0.1) is 18.4 Å². The van der Waals surface area contributed by atoms with Gasteiger partial charge in [-0.1, -0.05) is 12.1 Å².